The Kier molecular flexibility index (Phi) is 3.51. The van der Waals surface area contributed by atoms with Crippen LogP contribution in [0.4, 0.5) is 4.39 Å². The minimum Gasteiger partial charge on any atom is -0.491 e. The first-order valence-electron chi connectivity index (χ1n) is 6.93. The van der Waals surface area contributed by atoms with Gasteiger partial charge in [0.25, 0.3) is 0 Å². The number of nitriles is 1. The van der Waals surface area contributed by atoms with Crippen LogP contribution in [0.5, 0.6) is 5.75 Å². The lowest BCUT2D eigenvalue weighted by atomic mass is 10.1. The van der Waals surface area contributed by atoms with Crippen LogP contribution >= 0.6 is 0 Å². The van der Waals surface area contributed by atoms with Crippen molar-refractivity contribution in [1.29, 1.82) is 5.26 Å². The van der Waals surface area contributed by atoms with Crippen LogP contribution in [-0.4, -0.2) is 15.5 Å². The smallest absolute Gasteiger partial charge is 0.152 e. The number of rotatable bonds is 3. The number of halogens is 1. The van der Waals surface area contributed by atoms with Crippen LogP contribution in [0.15, 0.2) is 42.6 Å². The summed E-state index contributed by atoms with van der Waals surface area (Å²) in [6.45, 7) is 3.91. The Bertz CT molecular complexity index is 860. The van der Waals surface area contributed by atoms with E-state index in [0.29, 0.717) is 17.0 Å². The molecule has 0 bridgehead atoms. The first-order chi connectivity index (χ1) is 10.6. The Morgan fingerprint density at radius 3 is 2.55 bits per heavy atom. The highest BCUT2D eigenvalue weighted by molar-refractivity contribution is 5.70. The Labute approximate surface area is 127 Å². The van der Waals surface area contributed by atoms with E-state index in [4.69, 9.17) is 4.74 Å². The normalized spacial score (nSPS) is 10.9. The van der Waals surface area contributed by atoms with Crippen LogP contribution in [0.3, 0.4) is 0 Å². The number of aromatic nitrogens is 2. The van der Waals surface area contributed by atoms with E-state index in [1.165, 1.54) is 16.7 Å². The van der Waals surface area contributed by atoms with Crippen LogP contribution in [0.25, 0.3) is 16.9 Å². The summed E-state index contributed by atoms with van der Waals surface area (Å²) in [5.41, 5.74) is 2.17. The standard InChI is InChI=1S/C17H14FN3O/c1-11(2)22-14-6-3-12(4-7-14)17-15(9-19)21-10-13(18)5-8-16(21)20-17/h3-8,10-11H,1-2H3. The molecule has 4 nitrogen and oxygen atoms in total. The number of ether oxygens (including phenoxy) is 1. The summed E-state index contributed by atoms with van der Waals surface area (Å²) in [6, 6.07) is 12.3. The molecular formula is C17H14FN3O. The lowest BCUT2D eigenvalue weighted by Crippen LogP contribution is -2.05. The number of benzene rings is 1. The molecule has 5 heteroatoms. The average molecular weight is 295 g/mol. The van der Waals surface area contributed by atoms with Gasteiger partial charge in [0.05, 0.1) is 6.10 Å². The van der Waals surface area contributed by atoms with E-state index in [1.54, 1.807) is 6.07 Å². The molecule has 0 aliphatic rings. The molecule has 0 amide bonds. The number of pyridine rings is 1. The molecule has 0 aliphatic carbocycles. The van der Waals surface area contributed by atoms with Crippen molar-refractivity contribution in [3.63, 3.8) is 0 Å². The molecule has 0 atom stereocenters. The number of imidazole rings is 1. The van der Waals surface area contributed by atoms with E-state index in [1.807, 2.05) is 38.1 Å². The maximum absolute atomic E-state index is 13.4. The molecule has 0 N–H and O–H groups in total. The Morgan fingerprint density at radius 2 is 1.91 bits per heavy atom. The zero-order valence-electron chi connectivity index (χ0n) is 12.2. The van der Waals surface area contributed by atoms with E-state index >= 15 is 0 Å². The van der Waals surface area contributed by atoms with Crippen molar-refractivity contribution < 1.29 is 9.13 Å². The van der Waals surface area contributed by atoms with Crippen molar-refractivity contribution in [1.82, 2.24) is 9.38 Å². The van der Waals surface area contributed by atoms with Gasteiger partial charge in [-0.1, -0.05) is 0 Å². The lowest BCUT2D eigenvalue weighted by molar-refractivity contribution is 0.242. The van der Waals surface area contributed by atoms with Gasteiger partial charge in [-0.05, 0) is 50.2 Å². The summed E-state index contributed by atoms with van der Waals surface area (Å²) in [7, 11) is 0. The van der Waals surface area contributed by atoms with E-state index < -0.39 is 5.82 Å². The minimum atomic E-state index is -0.409. The molecule has 0 saturated heterocycles. The molecule has 0 spiro atoms. The van der Waals surface area contributed by atoms with E-state index in [-0.39, 0.29) is 6.10 Å². The van der Waals surface area contributed by atoms with Crippen LogP contribution in [0.1, 0.15) is 19.5 Å². The summed E-state index contributed by atoms with van der Waals surface area (Å²) in [4.78, 5) is 4.42. The fourth-order valence-electron chi connectivity index (χ4n) is 2.29. The van der Waals surface area contributed by atoms with E-state index in [0.717, 1.165) is 11.3 Å². The maximum Gasteiger partial charge on any atom is 0.152 e. The summed E-state index contributed by atoms with van der Waals surface area (Å²) in [6.07, 6.45) is 1.36. The molecule has 3 aromatic rings. The fourth-order valence-corrected chi connectivity index (χ4v) is 2.29. The monoisotopic (exact) mass is 295 g/mol. The van der Waals surface area contributed by atoms with Gasteiger partial charge in [0, 0.05) is 11.8 Å². The third-order valence-corrected chi connectivity index (χ3v) is 3.19. The second-order valence-electron chi connectivity index (χ2n) is 5.19. The van der Waals surface area contributed by atoms with Gasteiger partial charge in [-0.2, -0.15) is 5.26 Å². The van der Waals surface area contributed by atoms with Gasteiger partial charge in [-0.25, -0.2) is 9.37 Å². The average Bonchev–Trinajstić information content (AvgIpc) is 2.85. The van der Waals surface area contributed by atoms with Gasteiger partial charge in [0.1, 0.15) is 29.0 Å². The third kappa shape index (κ3) is 2.51. The lowest BCUT2D eigenvalue weighted by Gasteiger charge is -2.09. The van der Waals surface area contributed by atoms with Gasteiger partial charge < -0.3 is 4.74 Å². The van der Waals surface area contributed by atoms with E-state index in [9.17, 15) is 9.65 Å². The Balaban J connectivity index is 2.08. The van der Waals surface area contributed by atoms with Crippen molar-refractivity contribution in [2.45, 2.75) is 20.0 Å². The molecule has 1 aromatic carbocycles. The van der Waals surface area contributed by atoms with Crippen molar-refractivity contribution in [2.24, 2.45) is 0 Å². The Hall–Kier alpha value is -2.87. The summed E-state index contributed by atoms with van der Waals surface area (Å²) < 4.78 is 20.4. The molecule has 0 radical (unpaired) electrons. The molecular weight excluding hydrogens is 281 g/mol. The van der Waals surface area contributed by atoms with E-state index in [2.05, 4.69) is 11.1 Å². The second-order valence-corrected chi connectivity index (χ2v) is 5.19. The van der Waals surface area contributed by atoms with Gasteiger partial charge in [0.2, 0.25) is 0 Å². The van der Waals surface area contributed by atoms with Crippen molar-refractivity contribution in [2.75, 3.05) is 0 Å². The molecule has 2 heterocycles. The number of hydrogen-bond acceptors (Lipinski definition) is 3. The minimum absolute atomic E-state index is 0.0960. The molecule has 110 valence electrons. The molecule has 0 saturated carbocycles. The highest BCUT2D eigenvalue weighted by atomic mass is 19.1. The third-order valence-electron chi connectivity index (χ3n) is 3.19. The summed E-state index contributed by atoms with van der Waals surface area (Å²) in [5.74, 6) is 0.348. The second kappa shape index (κ2) is 5.49. The molecule has 22 heavy (non-hydrogen) atoms. The fraction of sp³-hybridized carbons (Fsp3) is 0.176. The predicted octanol–water partition coefficient (Wildman–Crippen LogP) is 3.80. The molecule has 2 aromatic heterocycles. The number of hydrogen-bond donors (Lipinski definition) is 0. The van der Waals surface area contributed by atoms with Gasteiger partial charge in [0.15, 0.2) is 5.69 Å². The molecule has 0 unspecified atom stereocenters. The SMILES string of the molecule is CC(C)Oc1ccc(-c2nc3ccc(F)cn3c2C#N)cc1. The largest absolute Gasteiger partial charge is 0.491 e. The topological polar surface area (TPSA) is 50.3 Å². The molecule has 0 fully saturated rings. The van der Waals surface area contributed by atoms with Gasteiger partial charge in [-0.3, -0.25) is 4.40 Å². The van der Waals surface area contributed by atoms with Crippen molar-refractivity contribution >= 4 is 5.65 Å². The maximum atomic E-state index is 13.4. The summed E-state index contributed by atoms with van der Waals surface area (Å²) in [5, 5.41) is 9.37. The Morgan fingerprint density at radius 1 is 1.18 bits per heavy atom. The quantitative estimate of drug-likeness (QED) is 0.738. The first kappa shape index (κ1) is 14.1. The van der Waals surface area contributed by atoms with Gasteiger partial charge in [-0.15, -0.1) is 0 Å². The van der Waals surface area contributed by atoms with Crippen molar-refractivity contribution in [3.8, 4) is 23.1 Å². The first-order valence-corrected chi connectivity index (χ1v) is 6.93. The number of fused-ring (bicyclic) bond motifs is 1. The number of nitrogens with zero attached hydrogens (tertiary/aromatic N) is 3. The van der Waals surface area contributed by atoms with Gasteiger partial charge >= 0.3 is 0 Å². The predicted molar refractivity (Wildman–Crippen MR) is 81.1 cm³/mol. The molecule has 0 aliphatic heterocycles. The van der Waals surface area contributed by atoms with Crippen LogP contribution in [0, 0.1) is 17.1 Å². The highest BCUT2D eigenvalue weighted by Gasteiger charge is 2.14. The zero-order valence-corrected chi connectivity index (χ0v) is 12.2. The zero-order chi connectivity index (χ0) is 15.7. The molecule has 3 rings (SSSR count). The summed E-state index contributed by atoms with van der Waals surface area (Å²) >= 11 is 0. The highest BCUT2D eigenvalue weighted by Crippen LogP contribution is 2.26. The van der Waals surface area contributed by atoms with Crippen molar-refractivity contribution in [3.05, 3.63) is 54.1 Å². The van der Waals surface area contributed by atoms with Crippen LogP contribution in [-0.2, 0) is 0 Å². The van der Waals surface area contributed by atoms with Crippen LogP contribution in [0.2, 0.25) is 0 Å². The van der Waals surface area contributed by atoms with Crippen LogP contribution < -0.4 is 4.74 Å².